The number of amides is 1. The van der Waals surface area contributed by atoms with Gasteiger partial charge in [0.25, 0.3) is 5.91 Å². The molecule has 1 aromatic rings. The van der Waals surface area contributed by atoms with Crippen LogP contribution in [0.5, 0.6) is 0 Å². The fourth-order valence-corrected chi connectivity index (χ4v) is 2.76. The van der Waals surface area contributed by atoms with E-state index in [2.05, 4.69) is 27.9 Å². The van der Waals surface area contributed by atoms with Crippen LogP contribution in [0.25, 0.3) is 0 Å². The van der Waals surface area contributed by atoms with Gasteiger partial charge in [0.15, 0.2) is 0 Å². The largest absolute Gasteiger partial charge is 0.350 e. The highest BCUT2D eigenvalue weighted by Gasteiger charge is 2.28. The van der Waals surface area contributed by atoms with Gasteiger partial charge in [-0.3, -0.25) is 4.79 Å². The van der Waals surface area contributed by atoms with E-state index in [0.717, 1.165) is 8.45 Å². The zero-order chi connectivity index (χ0) is 10.8. The fraction of sp³-hybridized carbons (Fsp3) is 0.500. The molecular weight excluding hydrogens is 359 g/mol. The molecule has 0 aliphatic heterocycles. The minimum absolute atomic E-state index is 0. The van der Waals surface area contributed by atoms with Crippen molar-refractivity contribution in [1.29, 1.82) is 0 Å². The first-order valence-corrected chi connectivity index (χ1v) is 6.90. The lowest BCUT2D eigenvalue weighted by atomic mass is 10.2. The zero-order valence-electron chi connectivity index (χ0n) is 8.61. The van der Waals surface area contributed by atoms with Crippen molar-refractivity contribution in [2.75, 3.05) is 6.54 Å². The molecule has 1 aliphatic rings. The van der Waals surface area contributed by atoms with Crippen molar-refractivity contribution >= 4 is 52.2 Å². The van der Waals surface area contributed by atoms with Crippen LogP contribution in [0.3, 0.4) is 0 Å². The number of nitrogens with two attached hydrogens (primary N) is 1. The molecule has 1 unspecified atom stereocenters. The molecule has 1 amide bonds. The maximum absolute atomic E-state index is 11.6. The molecule has 1 saturated carbocycles. The predicted octanol–water partition coefficient (Wildman–Crippen LogP) is 2.24. The molecule has 0 bridgehead atoms. The maximum Gasteiger partial charge on any atom is 0.252 e. The molecule has 90 valence electrons. The van der Waals surface area contributed by atoms with Gasteiger partial charge in [-0.2, -0.15) is 0 Å². The number of carbonyl (C=O) groups excluding carboxylic acids is 1. The molecule has 2 rings (SSSR count). The Morgan fingerprint density at radius 3 is 2.88 bits per heavy atom. The molecule has 1 heterocycles. The summed E-state index contributed by atoms with van der Waals surface area (Å²) < 4.78 is 1.13. The standard InChI is InChI=1S/C10H13IN2OS.ClH/c11-9-3-7(5-15-9)10(14)13-4-8(12)6-1-2-6;/h3,5-6,8H,1-2,4,12H2,(H,13,14);1H. The minimum Gasteiger partial charge on any atom is -0.350 e. The van der Waals surface area contributed by atoms with Crippen LogP contribution in [0.4, 0.5) is 0 Å². The van der Waals surface area contributed by atoms with E-state index in [1.165, 1.54) is 12.8 Å². The molecule has 3 N–H and O–H groups in total. The van der Waals surface area contributed by atoms with Crippen molar-refractivity contribution in [1.82, 2.24) is 5.32 Å². The molecule has 0 spiro atoms. The second kappa shape index (κ2) is 6.18. The Morgan fingerprint density at radius 1 is 1.69 bits per heavy atom. The Kier molecular flexibility index (Phi) is 5.49. The van der Waals surface area contributed by atoms with Gasteiger partial charge in [0, 0.05) is 18.0 Å². The van der Waals surface area contributed by atoms with Crippen molar-refractivity contribution in [3.8, 4) is 0 Å². The SMILES string of the molecule is Cl.NC(CNC(=O)c1csc(I)c1)C1CC1. The van der Waals surface area contributed by atoms with Crippen molar-refractivity contribution in [3.63, 3.8) is 0 Å². The topological polar surface area (TPSA) is 55.1 Å². The summed E-state index contributed by atoms with van der Waals surface area (Å²) in [5.41, 5.74) is 6.64. The molecule has 6 heteroatoms. The predicted molar refractivity (Wildman–Crippen MR) is 77.3 cm³/mol. The summed E-state index contributed by atoms with van der Waals surface area (Å²) in [6.45, 7) is 0.593. The van der Waals surface area contributed by atoms with Gasteiger partial charge in [-0.05, 0) is 47.4 Å². The van der Waals surface area contributed by atoms with Crippen LogP contribution in [-0.2, 0) is 0 Å². The first-order chi connectivity index (χ1) is 7.16. The Morgan fingerprint density at radius 2 is 2.38 bits per heavy atom. The lowest BCUT2D eigenvalue weighted by Crippen LogP contribution is -2.38. The quantitative estimate of drug-likeness (QED) is 0.797. The molecule has 1 fully saturated rings. The first kappa shape index (κ1) is 14.2. The van der Waals surface area contributed by atoms with Crippen molar-refractivity contribution in [3.05, 3.63) is 19.9 Å². The molecular formula is C10H14ClIN2OS. The third-order valence-electron chi connectivity index (χ3n) is 2.56. The molecule has 0 radical (unpaired) electrons. The molecule has 1 aliphatic carbocycles. The van der Waals surface area contributed by atoms with Gasteiger partial charge in [-0.1, -0.05) is 0 Å². The molecule has 1 aromatic heterocycles. The van der Waals surface area contributed by atoms with Crippen LogP contribution < -0.4 is 11.1 Å². The van der Waals surface area contributed by atoms with Gasteiger partial charge in [-0.15, -0.1) is 23.7 Å². The van der Waals surface area contributed by atoms with Crippen LogP contribution in [-0.4, -0.2) is 18.5 Å². The maximum atomic E-state index is 11.6. The number of hydrogen-bond acceptors (Lipinski definition) is 3. The summed E-state index contributed by atoms with van der Waals surface area (Å²) in [5.74, 6) is 0.623. The van der Waals surface area contributed by atoms with Crippen LogP contribution in [0.2, 0.25) is 0 Å². The average Bonchev–Trinajstić information content (AvgIpc) is 2.97. The monoisotopic (exact) mass is 372 g/mol. The molecule has 0 aromatic carbocycles. The fourth-order valence-electron chi connectivity index (χ4n) is 1.43. The second-order valence-electron chi connectivity index (χ2n) is 3.85. The van der Waals surface area contributed by atoms with Crippen LogP contribution in [0.15, 0.2) is 11.4 Å². The molecule has 1 atom stereocenters. The Labute approximate surface area is 119 Å². The number of hydrogen-bond donors (Lipinski definition) is 2. The van der Waals surface area contributed by atoms with E-state index in [9.17, 15) is 4.79 Å². The molecule has 16 heavy (non-hydrogen) atoms. The van der Waals surface area contributed by atoms with Gasteiger partial charge in [-0.25, -0.2) is 0 Å². The van der Waals surface area contributed by atoms with E-state index in [1.807, 2.05) is 11.4 Å². The third-order valence-corrected chi connectivity index (χ3v) is 4.34. The summed E-state index contributed by atoms with van der Waals surface area (Å²) >= 11 is 3.79. The third kappa shape index (κ3) is 3.87. The smallest absolute Gasteiger partial charge is 0.252 e. The number of halogens is 2. The van der Waals surface area contributed by atoms with Crippen molar-refractivity contribution in [2.45, 2.75) is 18.9 Å². The van der Waals surface area contributed by atoms with E-state index in [0.29, 0.717) is 12.5 Å². The van der Waals surface area contributed by atoms with Crippen LogP contribution in [0.1, 0.15) is 23.2 Å². The highest BCUT2D eigenvalue weighted by atomic mass is 127. The highest BCUT2D eigenvalue weighted by Crippen LogP contribution is 2.31. The second-order valence-corrected chi connectivity index (χ2v) is 6.66. The van der Waals surface area contributed by atoms with Crippen LogP contribution in [0, 0.1) is 8.80 Å². The van der Waals surface area contributed by atoms with Crippen molar-refractivity contribution in [2.24, 2.45) is 11.7 Å². The molecule has 3 nitrogen and oxygen atoms in total. The Balaban J connectivity index is 0.00000128. The Bertz CT molecular complexity index is 367. The van der Waals surface area contributed by atoms with Gasteiger partial charge < -0.3 is 11.1 Å². The summed E-state index contributed by atoms with van der Waals surface area (Å²) in [7, 11) is 0. The lowest BCUT2D eigenvalue weighted by Gasteiger charge is -2.10. The van der Waals surface area contributed by atoms with Gasteiger partial charge >= 0.3 is 0 Å². The van der Waals surface area contributed by atoms with Crippen molar-refractivity contribution < 1.29 is 4.79 Å². The number of carbonyl (C=O) groups is 1. The summed E-state index contributed by atoms with van der Waals surface area (Å²) in [5, 5.41) is 4.75. The van der Waals surface area contributed by atoms with Gasteiger partial charge in [0.1, 0.15) is 0 Å². The number of rotatable bonds is 4. The Hall–Kier alpha value is 0.150. The highest BCUT2D eigenvalue weighted by molar-refractivity contribution is 14.1. The lowest BCUT2D eigenvalue weighted by molar-refractivity contribution is 0.0950. The number of nitrogens with one attached hydrogen (secondary N) is 1. The average molecular weight is 373 g/mol. The summed E-state index contributed by atoms with van der Waals surface area (Å²) in [6, 6.07) is 2.02. The van der Waals surface area contributed by atoms with Crippen LogP contribution >= 0.6 is 46.3 Å². The van der Waals surface area contributed by atoms with E-state index >= 15 is 0 Å². The van der Waals surface area contributed by atoms with Gasteiger partial charge in [0.2, 0.25) is 0 Å². The normalized spacial score (nSPS) is 16.4. The van der Waals surface area contributed by atoms with E-state index in [1.54, 1.807) is 11.3 Å². The van der Waals surface area contributed by atoms with E-state index in [4.69, 9.17) is 5.73 Å². The van der Waals surface area contributed by atoms with E-state index < -0.39 is 0 Å². The minimum atomic E-state index is -0.00901. The van der Waals surface area contributed by atoms with Gasteiger partial charge in [0.05, 0.1) is 8.45 Å². The molecule has 0 saturated heterocycles. The zero-order valence-corrected chi connectivity index (χ0v) is 12.4. The summed E-state index contributed by atoms with van der Waals surface area (Å²) in [6.07, 6.45) is 2.43. The first-order valence-electron chi connectivity index (χ1n) is 4.94. The summed E-state index contributed by atoms with van der Waals surface area (Å²) in [4.78, 5) is 11.6. The van der Waals surface area contributed by atoms with E-state index in [-0.39, 0.29) is 24.4 Å². The number of thiophene rings is 1.